The van der Waals surface area contributed by atoms with E-state index in [4.69, 9.17) is 4.42 Å². The number of anilines is 1. The summed E-state index contributed by atoms with van der Waals surface area (Å²) in [5, 5.41) is 20.8. The summed E-state index contributed by atoms with van der Waals surface area (Å²) in [6, 6.07) is 12.7. The Hall–Kier alpha value is -3.55. The summed E-state index contributed by atoms with van der Waals surface area (Å²) in [5.74, 6) is -0.304. The molecule has 0 fully saturated rings. The number of carbonyl (C=O) groups is 1. The second-order valence-corrected chi connectivity index (χ2v) is 5.04. The summed E-state index contributed by atoms with van der Waals surface area (Å²) in [5.41, 5.74) is 1.77. The van der Waals surface area contributed by atoms with Gasteiger partial charge in [-0.05, 0) is 25.1 Å². The lowest BCUT2D eigenvalue weighted by Gasteiger charge is -2.00. The Morgan fingerprint density at radius 1 is 1.17 bits per heavy atom. The highest BCUT2D eigenvalue weighted by atomic mass is 16.6. The van der Waals surface area contributed by atoms with Crippen LogP contribution in [0.15, 0.2) is 52.9 Å². The van der Waals surface area contributed by atoms with Crippen LogP contribution in [0.3, 0.4) is 0 Å². The molecule has 3 aromatic rings. The molecule has 0 aliphatic carbocycles. The Labute approximate surface area is 136 Å². The van der Waals surface area contributed by atoms with Gasteiger partial charge < -0.3 is 4.42 Å². The zero-order valence-electron chi connectivity index (χ0n) is 12.6. The molecule has 8 nitrogen and oxygen atoms in total. The molecule has 0 aliphatic rings. The number of nitro groups is 1. The van der Waals surface area contributed by atoms with E-state index < -0.39 is 10.8 Å². The van der Waals surface area contributed by atoms with Gasteiger partial charge in [-0.3, -0.25) is 20.2 Å². The van der Waals surface area contributed by atoms with Crippen LogP contribution < -0.4 is 5.32 Å². The van der Waals surface area contributed by atoms with Gasteiger partial charge in [0.1, 0.15) is 0 Å². The van der Waals surface area contributed by atoms with E-state index in [9.17, 15) is 14.9 Å². The van der Waals surface area contributed by atoms with Gasteiger partial charge in [0.05, 0.1) is 4.92 Å². The smallest absolute Gasteiger partial charge is 0.322 e. The molecule has 2 aromatic carbocycles. The first kappa shape index (κ1) is 15.3. The van der Waals surface area contributed by atoms with Crippen molar-refractivity contribution in [3.05, 3.63) is 69.8 Å². The average molecular weight is 324 g/mol. The number of aromatic nitrogens is 2. The summed E-state index contributed by atoms with van der Waals surface area (Å²) >= 11 is 0. The molecular weight excluding hydrogens is 312 g/mol. The van der Waals surface area contributed by atoms with Gasteiger partial charge in [0.15, 0.2) is 0 Å². The Morgan fingerprint density at radius 2 is 1.92 bits per heavy atom. The minimum absolute atomic E-state index is 0.0814. The molecule has 1 heterocycles. The van der Waals surface area contributed by atoms with Crippen LogP contribution in [0.5, 0.6) is 0 Å². The quantitative estimate of drug-likeness (QED) is 0.582. The fourth-order valence-corrected chi connectivity index (χ4v) is 2.02. The fraction of sp³-hybridized carbons (Fsp3) is 0.0625. The van der Waals surface area contributed by atoms with E-state index in [-0.39, 0.29) is 23.2 Å². The predicted molar refractivity (Wildman–Crippen MR) is 85.5 cm³/mol. The third-order valence-electron chi connectivity index (χ3n) is 3.26. The van der Waals surface area contributed by atoms with E-state index in [1.54, 1.807) is 0 Å². The fourth-order valence-electron chi connectivity index (χ4n) is 2.02. The molecule has 0 aliphatic heterocycles. The first-order valence-electron chi connectivity index (χ1n) is 6.99. The molecule has 0 saturated carbocycles. The van der Waals surface area contributed by atoms with E-state index in [0.717, 1.165) is 11.1 Å². The van der Waals surface area contributed by atoms with Gasteiger partial charge in [0.2, 0.25) is 5.89 Å². The molecule has 120 valence electrons. The SMILES string of the molecule is Cc1ccc(-c2nnc(NC(=O)c3cccc([N+](=O)[O-])c3)o2)cc1. The number of hydrogen-bond acceptors (Lipinski definition) is 6. The average Bonchev–Trinajstić information content (AvgIpc) is 3.04. The molecular formula is C16H12N4O4. The number of hydrogen-bond donors (Lipinski definition) is 1. The lowest BCUT2D eigenvalue weighted by Crippen LogP contribution is -2.12. The molecule has 0 bridgehead atoms. The Bertz CT molecular complexity index is 902. The third kappa shape index (κ3) is 3.27. The van der Waals surface area contributed by atoms with Crippen molar-refractivity contribution >= 4 is 17.6 Å². The van der Waals surface area contributed by atoms with Crippen LogP contribution in [-0.4, -0.2) is 21.0 Å². The summed E-state index contributed by atoms with van der Waals surface area (Å²) < 4.78 is 5.39. The molecule has 1 N–H and O–H groups in total. The number of benzene rings is 2. The highest BCUT2D eigenvalue weighted by Gasteiger charge is 2.15. The maximum atomic E-state index is 12.1. The number of carbonyl (C=O) groups excluding carboxylic acids is 1. The van der Waals surface area contributed by atoms with Crippen LogP contribution >= 0.6 is 0 Å². The lowest BCUT2D eigenvalue weighted by atomic mass is 10.1. The van der Waals surface area contributed by atoms with Crippen molar-refractivity contribution in [2.24, 2.45) is 0 Å². The maximum Gasteiger partial charge on any atom is 0.322 e. The van der Waals surface area contributed by atoms with Crippen molar-refractivity contribution in [3.63, 3.8) is 0 Å². The molecule has 0 unspecified atom stereocenters. The molecule has 1 aromatic heterocycles. The number of nitrogens with one attached hydrogen (secondary N) is 1. The highest BCUT2D eigenvalue weighted by Crippen LogP contribution is 2.21. The zero-order valence-corrected chi connectivity index (χ0v) is 12.6. The molecule has 0 saturated heterocycles. The number of rotatable bonds is 4. The second kappa shape index (κ2) is 6.29. The molecule has 8 heteroatoms. The van der Waals surface area contributed by atoms with Crippen molar-refractivity contribution in [2.45, 2.75) is 6.92 Å². The van der Waals surface area contributed by atoms with Crippen molar-refractivity contribution in [2.75, 3.05) is 5.32 Å². The second-order valence-electron chi connectivity index (χ2n) is 5.04. The van der Waals surface area contributed by atoms with Crippen molar-refractivity contribution in [1.82, 2.24) is 10.2 Å². The van der Waals surface area contributed by atoms with E-state index >= 15 is 0 Å². The van der Waals surface area contributed by atoms with Crippen LogP contribution in [0.4, 0.5) is 11.7 Å². The molecule has 0 radical (unpaired) electrons. The number of nitrogens with zero attached hydrogens (tertiary/aromatic N) is 3. The van der Waals surface area contributed by atoms with Gasteiger partial charge in [-0.15, -0.1) is 5.10 Å². The van der Waals surface area contributed by atoms with Gasteiger partial charge in [-0.2, -0.15) is 0 Å². The van der Waals surface area contributed by atoms with Gasteiger partial charge in [-0.25, -0.2) is 0 Å². The van der Waals surface area contributed by atoms with Gasteiger partial charge in [0.25, 0.3) is 11.6 Å². The highest BCUT2D eigenvalue weighted by molar-refractivity contribution is 6.03. The minimum Gasteiger partial charge on any atom is -0.403 e. The number of non-ortho nitro benzene ring substituents is 1. The number of aryl methyl sites for hydroxylation is 1. The predicted octanol–water partition coefficient (Wildman–Crippen LogP) is 3.21. The van der Waals surface area contributed by atoms with Crippen LogP contribution in [0.25, 0.3) is 11.5 Å². The number of nitro benzene ring substituents is 1. The zero-order chi connectivity index (χ0) is 17.1. The Balaban J connectivity index is 1.77. The summed E-state index contributed by atoms with van der Waals surface area (Å²) in [6.07, 6.45) is 0. The monoisotopic (exact) mass is 324 g/mol. The van der Waals surface area contributed by atoms with Gasteiger partial charge >= 0.3 is 6.01 Å². The van der Waals surface area contributed by atoms with E-state index in [1.165, 1.54) is 24.3 Å². The lowest BCUT2D eigenvalue weighted by molar-refractivity contribution is -0.384. The van der Waals surface area contributed by atoms with Gasteiger partial charge in [0, 0.05) is 23.3 Å². The topological polar surface area (TPSA) is 111 Å². The first-order valence-corrected chi connectivity index (χ1v) is 6.99. The van der Waals surface area contributed by atoms with Crippen LogP contribution in [-0.2, 0) is 0 Å². The normalized spacial score (nSPS) is 10.4. The van der Waals surface area contributed by atoms with Gasteiger partial charge in [-0.1, -0.05) is 28.9 Å². The largest absolute Gasteiger partial charge is 0.403 e. The van der Waals surface area contributed by atoms with Crippen LogP contribution in [0, 0.1) is 17.0 Å². The Morgan fingerprint density at radius 3 is 2.62 bits per heavy atom. The molecule has 0 atom stereocenters. The van der Waals surface area contributed by atoms with Crippen LogP contribution in [0.1, 0.15) is 15.9 Å². The molecule has 24 heavy (non-hydrogen) atoms. The summed E-state index contributed by atoms with van der Waals surface area (Å²) in [7, 11) is 0. The van der Waals surface area contributed by atoms with Crippen molar-refractivity contribution in [3.8, 4) is 11.5 Å². The van der Waals surface area contributed by atoms with E-state index in [2.05, 4.69) is 15.5 Å². The minimum atomic E-state index is -0.571. The number of amides is 1. The standard InChI is InChI=1S/C16H12N4O4/c1-10-5-7-11(8-6-10)15-18-19-16(24-15)17-14(21)12-3-2-4-13(9-12)20(22)23/h2-9H,1H3,(H,17,19,21). The molecule has 1 amide bonds. The summed E-state index contributed by atoms with van der Waals surface area (Å²) in [6.45, 7) is 1.96. The van der Waals surface area contributed by atoms with E-state index in [1.807, 2.05) is 31.2 Å². The van der Waals surface area contributed by atoms with E-state index in [0.29, 0.717) is 0 Å². The van der Waals surface area contributed by atoms with Crippen molar-refractivity contribution in [1.29, 1.82) is 0 Å². The first-order chi connectivity index (χ1) is 11.5. The summed E-state index contributed by atoms with van der Waals surface area (Å²) in [4.78, 5) is 22.3. The van der Waals surface area contributed by atoms with Crippen molar-refractivity contribution < 1.29 is 14.1 Å². The maximum absolute atomic E-state index is 12.1. The Kier molecular flexibility index (Phi) is 4.02. The van der Waals surface area contributed by atoms with Crippen LogP contribution in [0.2, 0.25) is 0 Å². The third-order valence-corrected chi connectivity index (χ3v) is 3.26. The molecule has 0 spiro atoms. The molecule has 3 rings (SSSR count).